The number of nitrogens with zero attached hydrogens (tertiary/aromatic N) is 4. The highest BCUT2D eigenvalue weighted by atomic mass is 16.6. The average Bonchev–Trinajstić information content (AvgIpc) is 3.48. The molecule has 0 saturated carbocycles. The predicted molar refractivity (Wildman–Crippen MR) is 149 cm³/mol. The summed E-state index contributed by atoms with van der Waals surface area (Å²) in [6.07, 6.45) is 5.20. The second-order valence-electron chi connectivity index (χ2n) is 11.8. The third-order valence-corrected chi connectivity index (χ3v) is 7.94. The highest BCUT2D eigenvalue weighted by molar-refractivity contribution is 6.10. The number of rotatable bonds is 3. The van der Waals surface area contributed by atoms with E-state index in [4.69, 9.17) is 9.72 Å². The maximum absolute atomic E-state index is 13.3. The Morgan fingerprint density at radius 1 is 0.974 bits per heavy atom. The quantitative estimate of drug-likeness (QED) is 0.475. The normalized spacial score (nSPS) is 18.8. The van der Waals surface area contributed by atoms with Gasteiger partial charge in [0.05, 0.1) is 17.6 Å². The second-order valence-corrected chi connectivity index (χ2v) is 11.8. The number of benzene rings is 2. The van der Waals surface area contributed by atoms with Crippen molar-refractivity contribution in [3.05, 3.63) is 53.3 Å². The zero-order valence-corrected chi connectivity index (χ0v) is 22.6. The number of carbonyl (C=O) groups excluding carboxylic acids is 2. The molecule has 2 aromatic carbocycles. The van der Waals surface area contributed by atoms with Gasteiger partial charge in [0.2, 0.25) is 0 Å². The van der Waals surface area contributed by atoms with E-state index < -0.39 is 5.60 Å². The van der Waals surface area contributed by atoms with E-state index in [0.717, 1.165) is 59.6 Å². The number of aromatic nitrogens is 2. The van der Waals surface area contributed by atoms with Crippen LogP contribution >= 0.6 is 0 Å². The van der Waals surface area contributed by atoms with Gasteiger partial charge in [-0.05, 0) is 94.8 Å². The van der Waals surface area contributed by atoms with Gasteiger partial charge in [0, 0.05) is 49.0 Å². The number of amides is 2. The van der Waals surface area contributed by atoms with Crippen molar-refractivity contribution in [2.45, 2.75) is 70.9 Å². The molecule has 3 aliphatic heterocycles. The molecule has 2 amide bonds. The first-order chi connectivity index (χ1) is 18.2. The first-order valence-electron chi connectivity index (χ1n) is 13.9. The molecule has 0 spiro atoms. The van der Waals surface area contributed by atoms with Crippen LogP contribution < -0.4 is 9.80 Å². The van der Waals surface area contributed by atoms with Gasteiger partial charge in [-0.2, -0.15) is 0 Å². The molecule has 4 heterocycles. The SMILES string of the molecule is CC(C)(C)OC(=O)N1CCC(c2nc3cc(N4Cc5cc(N6CCCCC6)ccc5C4=O)ccc3[nH]2)CC1. The Labute approximate surface area is 224 Å². The van der Waals surface area contributed by atoms with Crippen LogP contribution in [0.1, 0.15) is 80.5 Å². The summed E-state index contributed by atoms with van der Waals surface area (Å²) < 4.78 is 5.53. The van der Waals surface area contributed by atoms with Gasteiger partial charge in [0.1, 0.15) is 11.4 Å². The third kappa shape index (κ3) is 4.84. The Balaban J connectivity index is 1.15. The molecular weight excluding hydrogens is 478 g/mol. The summed E-state index contributed by atoms with van der Waals surface area (Å²) in [4.78, 5) is 40.2. The van der Waals surface area contributed by atoms with Gasteiger partial charge < -0.3 is 24.4 Å². The average molecular weight is 516 g/mol. The van der Waals surface area contributed by atoms with Gasteiger partial charge >= 0.3 is 6.09 Å². The molecule has 2 fully saturated rings. The van der Waals surface area contributed by atoms with E-state index in [-0.39, 0.29) is 17.9 Å². The van der Waals surface area contributed by atoms with Gasteiger partial charge in [-0.3, -0.25) is 4.79 Å². The van der Waals surface area contributed by atoms with Crippen LogP contribution in [-0.4, -0.2) is 58.6 Å². The minimum Gasteiger partial charge on any atom is -0.444 e. The van der Waals surface area contributed by atoms with Crippen molar-refractivity contribution in [3.8, 4) is 0 Å². The molecule has 1 N–H and O–H groups in total. The highest BCUT2D eigenvalue weighted by Crippen LogP contribution is 2.34. The zero-order chi connectivity index (χ0) is 26.4. The molecule has 0 radical (unpaired) electrons. The van der Waals surface area contributed by atoms with Crippen molar-refractivity contribution < 1.29 is 14.3 Å². The molecule has 0 aliphatic carbocycles. The molecule has 8 heteroatoms. The summed E-state index contributed by atoms with van der Waals surface area (Å²) in [6.45, 7) is 9.75. The van der Waals surface area contributed by atoms with Crippen molar-refractivity contribution in [1.29, 1.82) is 0 Å². The van der Waals surface area contributed by atoms with E-state index >= 15 is 0 Å². The Hall–Kier alpha value is -3.55. The number of hydrogen-bond donors (Lipinski definition) is 1. The second kappa shape index (κ2) is 9.64. The maximum atomic E-state index is 13.3. The Kier molecular flexibility index (Phi) is 6.28. The van der Waals surface area contributed by atoms with E-state index in [1.54, 1.807) is 4.90 Å². The number of fused-ring (bicyclic) bond motifs is 2. The Morgan fingerprint density at radius 3 is 2.45 bits per heavy atom. The van der Waals surface area contributed by atoms with Gasteiger partial charge in [0.25, 0.3) is 5.91 Å². The maximum Gasteiger partial charge on any atom is 0.410 e. The van der Waals surface area contributed by atoms with E-state index in [1.165, 1.54) is 24.9 Å². The molecule has 3 aromatic rings. The number of H-pyrrole nitrogens is 1. The van der Waals surface area contributed by atoms with Crippen LogP contribution in [0.5, 0.6) is 0 Å². The number of carbonyl (C=O) groups is 2. The zero-order valence-electron chi connectivity index (χ0n) is 22.6. The van der Waals surface area contributed by atoms with E-state index in [0.29, 0.717) is 19.6 Å². The van der Waals surface area contributed by atoms with Crippen LogP contribution in [0.4, 0.5) is 16.2 Å². The third-order valence-electron chi connectivity index (χ3n) is 7.94. The molecule has 0 unspecified atom stereocenters. The summed E-state index contributed by atoms with van der Waals surface area (Å²) in [7, 11) is 0. The summed E-state index contributed by atoms with van der Waals surface area (Å²) in [5, 5.41) is 0. The van der Waals surface area contributed by atoms with Crippen molar-refractivity contribution in [2.75, 3.05) is 36.0 Å². The number of ether oxygens (including phenoxy) is 1. The number of likely N-dealkylation sites (tertiary alicyclic amines) is 1. The minimum absolute atomic E-state index is 0.0508. The number of imidazole rings is 1. The smallest absolute Gasteiger partial charge is 0.410 e. The van der Waals surface area contributed by atoms with Crippen LogP contribution in [0.3, 0.4) is 0 Å². The summed E-state index contributed by atoms with van der Waals surface area (Å²) in [5.74, 6) is 1.26. The molecule has 0 bridgehead atoms. The van der Waals surface area contributed by atoms with Crippen LogP contribution in [-0.2, 0) is 11.3 Å². The molecular formula is C30H37N5O3. The summed E-state index contributed by atoms with van der Waals surface area (Å²) in [6, 6.07) is 12.3. The van der Waals surface area contributed by atoms with Crippen LogP contribution in [0.2, 0.25) is 0 Å². The molecule has 1 aromatic heterocycles. The number of nitrogens with one attached hydrogen (secondary N) is 1. The van der Waals surface area contributed by atoms with Gasteiger partial charge in [-0.15, -0.1) is 0 Å². The van der Waals surface area contributed by atoms with Crippen LogP contribution in [0.15, 0.2) is 36.4 Å². The van der Waals surface area contributed by atoms with Crippen molar-refractivity contribution in [3.63, 3.8) is 0 Å². The lowest BCUT2D eigenvalue weighted by Crippen LogP contribution is -2.41. The lowest BCUT2D eigenvalue weighted by atomic mass is 9.96. The Bertz CT molecular complexity index is 1360. The van der Waals surface area contributed by atoms with Gasteiger partial charge in [-0.1, -0.05) is 0 Å². The number of piperidine rings is 2. The first-order valence-corrected chi connectivity index (χ1v) is 13.9. The fourth-order valence-electron chi connectivity index (χ4n) is 5.90. The van der Waals surface area contributed by atoms with E-state index in [2.05, 4.69) is 22.0 Å². The first kappa shape index (κ1) is 24.8. The molecule has 8 nitrogen and oxygen atoms in total. The number of hydrogen-bond acceptors (Lipinski definition) is 5. The largest absolute Gasteiger partial charge is 0.444 e. The summed E-state index contributed by atoms with van der Waals surface area (Å²) >= 11 is 0. The van der Waals surface area contributed by atoms with E-state index in [9.17, 15) is 9.59 Å². The predicted octanol–water partition coefficient (Wildman–Crippen LogP) is 5.83. The van der Waals surface area contributed by atoms with Crippen molar-refractivity contribution in [2.24, 2.45) is 0 Å². The standard InChI is InChI=1S/C30H37N5O3/c1-30(2,3)38-29(37)34-15-11-20(12-16-34)27-31-25-10-8-23(18-26(25)32-27)35-19-21-17-22(7-9-24(21)28(35)36)33-13-5-4-6-14-33/h7-10,17-18,20H,4-6,11-16,19H2,1-3H3,(H,31,32). The summed E-state index contributed by atoms with van der Waals surface area (Å²) in [5.41, 5.74) is 5.33. The lowest BCUT2D eigenvalue weighted by molar-refractivity contribution is 0.0203. The van der Waals surface area contributed by atoms with Gasteiger partial charge in [-0.25, -0.2) is 9.78 Å². The van der Waals surface area contributed by atoms with Crippen LogP contribution in [0.25, 0.3) is 11.0 Å². The van der Waals surface area contributed by atoms with Crippen molar-refractivity contribution >= 4 is 34.4 Å². The molecule has 38 heavy (non-hydrogen) atoms. The molecule has 6 rings (SSSR count). The fraction of sp³-hybridized carbons (Fsp3) is 0.500. The highest BCUT2D eigenvalue weighted by Gasteiger charge is 2.31. The molecule has 3 aliphatic rings. The monoisotopic (exact) mass is 515 g/mol. The number of anilines is 2. The molecule has 0 atom stereocenters. The topological polar surface area (TPSA) is 81.8 Å². The van der Waals surface area contributed by atoms with Crippen molar-refractivity contribution in [1.82, 2.24) is 14.9 Å². The lowest BCUT2D eigenvalue weighted by Gasteiger charge is -2.32. The van der Waals surface area contributed by atoms with Gasteiger partial charge in [0.15, 0.2) is 0 Å². The minimum atomic E-state index is -0.488. The molecule has 200 valence electrons. The Morgan fingerprint density at radius 2 is 1.71 bits per heavy atom. The number of aromatic amines is 1. The van der Waals surface area contributed by atoms with E-state index in [1.807, 2.05) is 49.9 Å². The van der Waals surface area contributed by atoms with Crippen LogP contribution in [0, 0.1) is 0 Å². The fourth-order valence-corrected chi connectivity index (χ4v) is 5.90. The molecule has 2 saturated heterocycles.